The molecule has 2 aromatic carbocycles. The van der Waals surface area contributed by atoms with Gasteiger partial charge in [0.1, 0.15) is 18.5 Å². The zero-order chi connectivity index (χ0) is 21.3. The smallest absolute Gasteiger partial charge is 0.408 e. The summed E-state index contributed by atoms with van der Waals surface area (Å²) in [6.07, 6.45) is 0.241. The Morgan fingerprint density at radius 3 is 2.47 bits per heavy atom. The summed E-state index contributed by atoms with van der Waals surface area (Å²) < 4.78 is 18.3. The number of rotatable bonds is 6. The van der Waals surface area contributed by atoms with Crippen LogP contribution in [0.3, 0.4) is 0 Å². The lowest BCUT2D eigenvalue weighted by Gasteiger charge is -2.25. The molecule has 1 N–H and O–H groups in total. The van der Waals surface area contributed by atoms with Crippen LogP contribution >= 0.6 is 0 Å². The first-order chi connectivity index (χ1) is 14.5. The second kappa shape index (κ2) is 10.7. The number of benzene rings is 2. The highest BCUT2D eigenvalue weighted by atomic mass is 19.1. The van der Waals surface area contributed by atoms with Crippen LogP contribution in [0.5, 0.6) is 0 Å². The highest BCUT2D eigenvalue weighted by Gasteiger charge is 2.25. The summed E-state index contributed by atoms with van der Waals surface area (Å²) in [6, 6.07) is 15.2. The number of nitrogens with one attached hydrogen (secondary N) is 1. The fourth-order valence-corrected chi connectivity index (χ4v) is 3.47. The Morgan fingerprint density at radius 1 is 1.00 bits per heavy atom. The maximum Gasteiger partial charge on any atom is 0.408 e. The molecule has 1 fully saturated rings. The molecule has 1 atom stereocenters. The van der Waals surface area contributed by atoms with E-state index in [1.54, 1.807) is 24.0 Å². The predicted octanol–water partition coefficient (Wildman–Crippen LogP) is 3.17. The first-order valence-electron chi connectivity index (χ1n) is 10.2. The Balaban J connectivity index is 1.44. The molecule has 0 aliphatic carbocycles. The molecule has 7 heteroatoms. The standard InChI is InChI=1S/C23H28FN3O3/c1-18(25-23(29)30-17-20-6-3-2-4-7-20)22(28)27-13-5-12-26(14-15-27)16-19-8-10-21(24)11-9-19/h2-4,6-11,18H,5,12-17H2,1H3,(H,25,29)/t18-/m0/s1. The number of ether oxygens (including phenoxy) is 1. The van der Waals surface area contributed by atoms with E-state index in [1.165, 1.54) is 12.1 Å². The van der Waals surface area contributed by atoms with Crippen LogP contribution in [-0.4, -0.2) is 54.0 Å². The van der Waals surface area contributed by atoms with Crippen molar-refractivity contribution in [1.29, 1.82) is 0 Å². The van der Waals surface area contributed by atoms with E-state index in [0.717, 1.165) is 37.2 Å². The van der Waals surface area contributed by atoms with E-state index in [2.05, 4.69) is 10.2 Å². The summed E-state index contributed by atoms with van der Waals surface area (Å²) in [6.45, 7) is 5.39. The fourth-order valence-electron chi connectivity index (χ4n) is 3.47. The molecule has 3 rings (SSSR count). The number of halogens is 1. The zero-order valence-electron chi connectivity index (χ0n) is 17.2. The Morgan fingerprint density at radius 2 is 1.73 bits per heavy atom. The van der Waals surface area contributed by atoms with Crippen LogP contribution in [0.25, 0.3) is 0 Å². The van der Waals surface area contributed by atoms with Gasteiger partial charge in [0.2, 0.25) is 5.91 Å². The number of amides is 2. The van der Waals surface area contributed by atoms with Crippen LogP contribution < -0.4 is 5.32 Å². The molecular formula is C23H28FN3O3. The van der Waals surface area contributed by atoms with Gasteiger partial charge in [-0.15, -0.1) is 0 Å². The number of carbonyl (C=O) groups excluding carboxylic acids is 2. The van der Waals surface area contributed by atoms with Crippen LogP contribution in [0.15, 0.2) is 54.6 Å². The molecule has 30 heavy (non-hydrogen) atoms. The first-order valence-corrected chi connectivity index (χ1v) is 10.2. The molecule has 0 bridgehead atoms. The van der Waals surface area contributed by atoms with Crippen LogP contribution in [0, 0.1) is 5.82 Å². The fraction of sp³-hybridized carbons (Fsp3) is 0.391. The molecule has 0 saturated carbocycles. The molecule has 160 valence electrons. The molecule has 2 amide bonds. The van der Waals surface area contributed by atoms with Crippen molar-refractivity contribution in [3.8, 4) is 0 Å². The highest BCUT2D eigenvalue weighted by molar-refractivity contribution is 5.85. The molecule has 0 aromatic heterocycles. The van der Waals surface area contributed by atoms with Crippen LogP contribution in [0.2, 0.25) is 0 Å². The lowest BCUT2D eigenvalue weighted by molar-refractivity contribution is -0.132. The van der Waals surface area contributed by atoms with Crippen molar-refractivity contribution < 1.29 is 18.7 Å². The minimum absolute atomic E-state index is 0.115. The predicted molar refractivity (Wildman–Crippen MR) is 112 cm³/mol. The van der Waals surface area contributed by atoms with Crippen molar-refractivity contribution in [3.63, 3.8) is 0 Å². The molecule has 1 aliphatic rings. The van der Waals surface area contributed by atoms with Crippen molar-refractivity contribution in [1.82, 2.24) is 15.1 Å². The number of carbonyl (C=O) groups is 2. The summed E-state index contributed by atoms with van der Waals surface area (Å²) in [5.74, 6) is -0.356. The van der Waals surface area contributed by atoms with Gasteiger partial charge in [-0.05, 0) is 36.6 Å². The van der Waals surface area contributed by atoms with E-state index in [9.17, 15) is 14.0 Å². The maximum absolute atomic E-state index is 13.1. The Bertz CT molecular complexity index is 829. The molecular weight excluding hydrogens is 385 g/mol. The summed E-state index contributed by atoms with van der Waals surface area (Å²) in [7, 11) is 0. The van der Waals surface area contributed by atoms with Gasteiger partial charge < -0.3 is 15.0 Å². The second-order valence-electron chi connectivity index (χ2n) is 7.51. The summed E-state index contributed by atoms with van der Waals surface area (Å²) in [5.41, 5.74) is 1.94. The Hall–Kier alpha value is -2.93. The van der Waals surface area contributed by atoms with Crippen LogP contribution in [0.4, 0.5) is 9.18 Å². The number of nitrogens with zero attached hydrogens (tertiary/aromatic N) is 2. The van der Waals surface area contributed by atoms with Crippen LogP contribution in [0.1, 0.15) is 24.5 Å². The van der Waals surface area contributed by atoms with Gasteiger partial charge in [-0.1, -0.05) is 42.5 Å². The average molecular weight is 413 g/mol. The van der Waals surface area contributed by atoms with Gasteiger partial charge in [-0.3, -0.25) is 9.69 Å². The molecule has 0 spiro atoms. The molecule has 1 heterocycles. The third-order valence-electron chi connectivity index (χ3n) is 5.14. The highest BCUT2D eigenvalue weighted by Crippen LogP contribution is 2.11. The van der Waals surface area contributed by atoms with Crippen molar-refractivity contribution in [3.05, 3.63) is 71.5 Å². The van der Waals surface area contributed by atoms with Gasteiger partial charge in [0, 0.05) is 32.7 Å². The van der Waals surface area contributed by atoms with Gasteiger partial charge in [0.25, 0.3) is 0 Å². The average Bonchev–Trinajstić information content (AvgIpc) is 2.99. The van der Waals surface area contributed by atoms with E-state index in [4.69, 9.17) is 4.74 Å². The minimum Gasteiger partial charge on any atom is -0.445 e. The molecule has 1 aliphatic heterocycles. The summed E-state index contributed by atoms with van der Waals surface area (Å²) in [5, 5.41) is 2.62. The number of hydrogen-bond acceptors (Lipinski definition) is 4. The lowest BCUT2D eigenvalue weighted by Crippen LogP contribution is -2.48. The van der Waals surface area contributed by atoms with E-state index in [0.29, 0.717) is 13.1 Å². The maximum atomic E-state index is 13.1. The van der Waals surface area contributed by atoms with Gasteiger partial charge >= 0.3 is 6.09 Å². The number of alkyl carbamates (subject to hydrolysis) is 1. The molecule has 6 nitrogen and oxygen atoms in total. The van der Waals surface area contributed by atoms with E-state index >= 15 is 0 Å². The third-order valence-corrected chi connectivity index (χ3v) is 5.14. The van der Waals surface area contributed by atoms with Crippen molar-refractivity contribution in [2.75, 3.05) is 26.2 Å². The minimum atomic E-state index is -0.656. The third kappa shape index (κ3) is 6.56. The number of hydrogen-bond donors (Lipinski definition) is 1. The topological polar surface area (TPSA) is 61.9 Å². The van der Waals surface area contributed by atoms with Crippen molar-refractivity contribution in [2.24, 2.45) is 0 Å². The monoisotopic (exact) mass is 413 g/mol. The molecule has 0 radical (unpaired) electrons. The van der Waals surface area contributed by atoms with Crippen LogP contribution in [-0.2, 0) is 22.7 Å². The van der Waals surface area contributed by atoms with Crippen molar-refractivity contribution >= 4 is 12.0 Å². The largest absolute Gasteiger partial charge is 0.445 e. The normalized spacial score (nSPS) is 15.9. The molecule has 0 unspecified atom stereocenters. The van der Waals surface area contributed by atoms with Gasteiger partial charge in [-0.25, -0.2) is 9.18 Å². The Labute approximate surface area is 176 Å². The summed E-state index contributed by atoms with van der Waals surface area (Å²) >= 11 is 0. The molecule has 1 saturated heterocycles. The summed E-state index contributed by atoms with van der Waals surface area (Å²) in [4.78, 5) is 28.8. The lowest BCUT2D eigenvalue weighted by atomic mass is 10.2. The van der Waals surface area contributed by atoms with Gasteiger partial charge in [0.05, 0.1) is 0 Å². The Kier molecular flexibility index (Phi) is 7.79. The van der Waals surface area contributed by atoms with Crippen molar-refractivity contribution in [2.45, 2.75) is 32.5 Å². The van der Waals surface area contributed by atoms with E-state index < -0.39 is 12.1 Å². The quantitative estimate of drug-likeness (QED) is 0.790. The second-order valence-corrected chi connectivity index (χ2v) is 7.51. The first kappa shape index (κ1) is 21.8. The van der Waals surface area contributed by atoms with Gasteiger partial charge in [-0.2, -0.15) is 0 Å². The zero-order valence-corrected chi connectivity index (χ0v) is 17.2. The van der Waals surface area contributed by atoms with E-state index in [1.807, 2.05) is 30.3 Å². The van der Waals surface area contributed by atoms with E-state index in [-0.39, 0.29) is 18.3 Å². The SMILES string of the molecule is C[C@H](NC(=O)OCc1ccccc1)C(=O)N1CCCN(Cc2ccc(F)cc2)CC1. The molecule has 2 aromatic rings. The van der Waals surface area contributed by atoms with Gasteiger partial charge in [0.15, 0.2) is 0 Å².